The summed E-state index contributed by atoms with van der Waals surface area (Å²) in [4.78, 5) is 7.18. The number of hydrogen-bond donors (Lipinski definition) is 1. The van der Waals surface area contributed by atoms with Crippen LogP contribution in [0.5, 0.6) is 0 Å². The molecule has 0 amide bonds. The Morgan fingerprint density at radius 1 is 1.00 bits per heavy atom. The van der Waals surface area contributed by atoms with E-state index in [2.05, 4.69) is 9.97 Å². The first kappa shape index (κ1) is 13.3. The standard InChI is InChI=1S/C14H8Cl2F2N2/c15-8-2-1-7(3-9(8)16)4-14-19-12-5-10(17)11(18)6-13(12)20-14/h1-3,5-6H,4H2,(H,19,20). The molecule has 3 rings (SSSR count). The minimum Gasteiger partial charge on any atom is -0.342 e. The van der Waals surface area contributed by atoms with E-state index >= 15 is 0 Å². The number of benzene rings is 2. The number of nitrogens with one attached hydrogen (secondary N) is 1. The molecule has 2 aromatic carbocycles. The molecule has 0 radical (unpaired) electrons. The maximum atomic E-state index is 13.1. The van der Waals surface area contributed by atoms with Crippen LogP contribution in [-0.2, 0) is 6.42 Å². The van der Waals surface area contributed by atoms with E-state index in [1.165, 1.54) is 0 Å². The smallest absolute Gasteiger partial charge is 0.161 e. The van der Waals surface area contributed by atoms with E-state index in [4.69, 9.17) is 23.2 Å². The maximum absolute atomic E-state index is 13.1. The van der Waals surface area contributed by atoms with Crippen LogP contribution in [0.1, 0.15) is 11.4 Å². The van der Waals surface area contributed by atoms with Gasteiger partial charge in [-0.2, -0.15) is 0 Å². The summed E-state index contributed by atoms with van der Waals surface area (Å²) >= 11 is 11.8. The fourth-order valence-electron chi connectivity index (χ4n) is 1.98. The average Bonchev–Trinajstić information content (AvgIpc) is 2.76. The molecule has 0 spiro atoms. The van der Waals surface area contributed by atoms with E-state index in [1.807, 2.05) is 6.07 Å². The van der Waals surface area contributed by atoms with Crippen molar-refractivity contribution in [2.45, 2.75) is 6.42 Å². The molecule has 2 nitrogen and oxygen atoms in total. The Morgan fingerprint density at radius 2 is 1.75 bits per heavy atom. The minimum atomic E-state index is -0.912. The van der Waals surface area contributed by atoms with Crippen LogP contribution < -0.4 is 0 Å². The zero-order valence-electron chi connectivity index (χ0n) is 10.1. The van der Waals surface area contributed by atoms with Gasteiger partial charge in [0.15, 0.2) is 11.6 Å². The van der Waals surface area contributed by atoms with Crippen LogP contribution >= 0.6 is 23.2 Å². The Hall–Kier alpha value is -1.65. The lowest BCUT2D eigenvalue weighted by Crippen LogP contribution is -1.90. The van der Waals surface area contributed by atoms with Crippen LogP contribution in [0.3, 0.4) is 0 Å². The quantitative estimate of drug-likeness (QED) is 0.727. The summed E-state index contributed by atoms with van der Waals surface area (Å²) in [6, 6.07) is 7.41. The first-order chi connectivity index (χ1) is 9.52. The molecule has 0 saturated heterocycles. The minimum absolute atomic E-state index is 0.388. The predicted molar refractivity (Wildman–Crippen MR) is 75.3 cm³/mol. The van der Waals surface area contributed by atoms with Crippen molar-refractivity contribution in [2.24, 2.45) is 0 Å². The Kier molecular flexibility index (Phi) is 3.36. The molecule has 0 atom stereocenters. The number of aromatic nitrogens is 2. The summed E-state index contributed by atoms with van der Waals surface area (Å²) in [5.74, 6) is -1.21. The van der Waals surface area contributed by atoms with Gasteiger partial charge in [-0.1, -0.05) is 29.3 Å². The van der Waals surface area contributed by atoms with Crippen molar-refractivity contribution in [3.63, 3.8) is 0 Å². The van der Waals surface area contributed by atoms with Crippen molar-refractivity contribution in [3.8, 4) is 0 Å². The average molecular weight is 313 g/mol. The number of halogens is 4. The van der Waals surface area contributed by atoms with Crippen molar-refractivity contribution in [1.29, 1.82) is 0 Å². The zero-order chi connectivity index (χ0) is 14.3. The van der Waals surface area contributed by atoms with Crippen LogP contribution in [0.25, 0.3) is 11.0 Å². The molecule has 1 heterocycles. The van der Waals surface area contributed by atoms with Crippen molar-refractivity contribution in [1.82, 2.24) is 9.97 Å². The molecular weight excluding hydrogens is 305 g/mol. The number of rotatable bonds is 2. The molecule has 102 valence electrons. The van der Waals surface area contributed by atoms with E-state index in [9.17, 15) is 8.78 Å². The molecule has 0 fully saturated rings. The molecule has 1 aromatic heterocycles. The molecule has 0 aliphatic carbocycles. The number of fused-ring (bicyclic) bond motifs is 1. The summed E-state index contributed by atoms with van der Waals surface area (Å²) in [7, 11) is 0. The monoisotopic (exact) mass is 312 g/mol. The van der Waals surface area contributed by atoms with Gasteiger partial charge in [0.25, 0.3) is 0 Å². The van der Waals surface area contributed by atoms with Gasteiger partial charge in [0.2, 0.25) is 0 Å². The summed E-state index contributed by atoms with van der Waals surface area (Å²) in [5.41, 5.74) is 1.75. The van der Waals surface area contributed by atoms with Gasteiger partial charge < -0.3 is 4.98 Å². The Bertz CT molecular complexity index is 760. The Balaban J connectivity index is 1.96. The molecule has 20 heavy (non-hydrogen) atoms. The Labute approximate surface area is 123 Å². The fourth-order valence-corrected chi connectivity index (χ4v) is 2.31. The number of aromatic amines is 1. The van der Waals surface area contributed by atoms with Gasteiger partial charge in [0, 0.05) is 18.6 Å². The third-order valence-corrected chi connectivity index (χ3v) is 3.67. The van der Waals surface area contributed by atoms with Crippen molar-refractivity contribution in [3.05, 3.63) is 63.4 Å². The molecule has 0 aliphatic rings. The summed E-state index contributed by atoms with van der Waals surface area (Å²) in [5, 5.41) is 0.932. The third kappa shape index (κ3) is 2.49. The molecule has 6 heteroatoms. The molecule has 0 saturated carbocycles. The normalized spacial score (nSPS) is 11.2. The van der Waals surface area contributed by atoms with E-state index < -0.39 is 11.6 Å². The van der Waals surface area contributed by atoms with Gasteiger partial charge >= 0.3 is 0 Å². The lowest BCUT2D eigenvalue weighted by atomic mass is 10.1. The molecular formula is C14H8Cl2F2N2. The van der Waals surface area contributed by atoms with Crippen LogP contribution in [0.2, 0.25) is 10.0 Å². The molecule has 0 bridgehead atoms. The van der Waals surface area contributed by atoms with Crippen LogP contribution in [0.4, 0.5) is 8.78 Å². The van der Waals surface area contributed by atoms with Gasteiger partial charge in [0.1, 0.15) is 5.82 Å². The van der Waals surface area contributed by atoms with Crippen LogP contribution in [0, 0.1) is 11.6 Å². The lowest BCUT2D eigenvalue weighted by molar-refractivity contribution is 0.510. The number of hydrogen-bond acceptors (Lipinski definition) is 1. The highest BCUT2D eigenvalue weighted by molar-refractivity contribution is 6.42. The second-order valence-corrected chi connectivity index (χ2v) is 5.21. The molecule has 3 aromatic rings. The van der Waals surface area contributed by atoms with Crippen LogP contribution in [-0.4, -0.2) is 9.97 Å². The molecule has 0 aliphatic heterocycles. The van der Waals surface area contributed by atoms with Gasteiger partial charge in [-0.3, -0.25) is 0 Å². The van der Waals surface area contributed by atoms with Gasteiger partial charge in [0.05, 0.1) is 21.1 Å². The van der Waals surface area contributed by atoms with Crippen molar-refractivity contribution in [2.75, 3.05) is 0 Å². The van der Waals surface area contributed by atoms with Gasteiger partial charge in [-0.25, -0.2) is 13.8 Å². The van der Waals surface area contributed by atoms with Gasteiger partial charge in [-0.15, -0.1) is 0 Å². The highest BCUT2D eigenvalue weighted by Crippen LogP contribution is 2.24. The van der Waals surface area contributed by atoms with E-state index in [0.29, 0.717) is 33.3 Å². The second-order valence-electron chi connectivity index (χ2n) is 4.39. The highest BCUT2D eigenvalue weighted by atomic mass is 35.5. The second kappa shape index (κ2) is 5.04. The maximum Gasteiger partial charge on any atom is 0.161 e. The number of imidazole rings is 1. The van der Waals surface area contributed by atoms with Gasteiger partial charge in [-0.05, 0) is 17.7 Å². The largest absolute Gasteiger partial charge is 0.342 e. The first-order valence-electron chi connectivity index (χ1n) is 5.80. The molecule has 0 unspecified atom stereocenters. The predicted octanol–water partition coefficient (Wildman–Crippen LogP) is 4.74. The fraction of sp³-hybridized carbons (Fsp3) is 0.0714. The van der Waals surface area contributed by atoms with Crippen molar-refractivity contribution < 1.29 is 8.78 Å². The number of H-pyrrole nitrogens is 1. The Morgan fingerprint density at radius 3 is 2.50 bits per heavy atom. The summed E-state index contributed by atoms with van der Waals surface area (Å²) in [6.45, 7) is 0. The lowest BCUT2D eigenvalue weighted by Gasteiger charge is -2.00. The highest BCUT2D eigenvalue weighted by Gasteiger charge is 2.09. The summed E-state index contributed by atoms with van der Waals surface area (Å²) < 4.78 is 26.2. The van der Waals surface area contributed by atoms with Crippen molar-refractivity contribution >= 4 is 34.2 Å². The third-order valence-electron chi connectivity index (χ3n) is 2.93. The topological polar surface area (TPSA) is 28.7 Å². The number of nitrogens with zero attached hydrogens (tertiary/aromatic N) is 1. The summed E-state index contributed by atoms with van der Waals surface area (Å²) in [6.07, 6.45) is 0.467. The van der Waals surface area contributed by atoms with E-state index in [1.54, 1.807) is 12.1 Å². The van der Waals surface area contributed by atoms with E-state index in [0.717, 1.165) is 17.7 Å². The zero-order valence-corrected chi connectivity index (χ0v) is 11.6. The van der Waals surface area contributed by atoms with E-state index in [-0.39, 0.29) is 0 Å². The first-order valence-corrected chi connectivity index (χ1v) is 6.56. The SMILES string of the molecule is Fc1cc2nc(Cc3ccc(Cl)c(Cl)c3)[nH]c2cc1F. The molecule has 1 N–H and O–H groups in total. The van der Waals surface area contributed by atoms with Crippen LogP contribution in [0.15, 0.2) is 30.3 Å².